The molecular weight excluding hydrogens is 464 g/mol. The number of methoxy groups -OCH3 is 1. The molecule has 2 aromatic rings. The second kappa shape index (κ2) is 12.6. The SMILES string of the molecule is COc1cccc(C(=O)N2CC(N(Cc3ccccc3C)CC(C)C)CC2C(=O)N2CCCNCC2)c1. The molecule has 37 heavy (non-hydrogen) atoms. The van der Waals surface area contributed by atoms with Crippen molar-refractivity contribution in [2.45, 2.75) is 52.2 Å². The number of nitrogens with one attached hydrogen (secondary N) is 1. The summed E-state index contributed by atoms with van der Waals surface area (Å²) in [5.74, 6) is 1.08. The Morgan fingerprint density at radius 1 is 1.11 bits per heavy atom. The Balaban J connectivity index is 1.63. The number of likely N-dealkylation sites (tertiary alicyclic amines) is 1. The Kier molecular flexibility index (Phi) is 9.22. The van der Waals surface area contributed by atoms with E-state index in [9.17, 15) is 9.59 Å². The molecule has 0 saturated carbocycles. The lowest BCUT2D eigenvalue weighted by Crippen LogP contribution is -2.48. The summed E-state index contributed by atoms with van der Waals surface area (Å²) < 4.78 is 5.37. The van der Waals surface area contributed by atoms with E-state index in [-0.39, 0.29) is 17.9 Å². The molecule has 2 saturated heterocycles. The maximum Gasteiger partial charge on any atom is 0.254 e. The zero-order valence-electron chi connectivity index (χ0n) is 22.8. The molecule has 2 fully saturated rings. The van der Waals surface area contributed by atoms with Crippen LogP contribution in [0.4, 0.5) is 0 Å². The summed E-state index contributed by atoms with van der Waals surface area (Å²) in [4.78, 5) is 34.0. The molecule has 0 aromatic heterocycles. The third-order valence-electron chi connectivity index (χ3n) is 7.54. The number of nitrogens with zero attached hydrogens (tertiary/aromatic N) is 3. The molecule has 0 radical (unpaired) electrons. The van der Waals surface area contributed by atoms with Gasteiger partial charge in [-0.25, -0.2) is 0 Å². The number of carbonyl (C=O) groups is 2. The van der Waals surface area contributed by atoms with E-state index in [0.29, 0.717) is 36.7 Å². The van der Waals surface area contributed by atoms with Gasteiger partial charge in [-0.2, -0.15) is 0 Å². The van der Waals surface area contributed by atoms with Crippen LogP contribution in [0.2, 0.25) is 0 Å². The summed E-state index contributed by atoms with van der Waals surface area (Å²) in [7, 11) is 1.60. The molecule has 2 unspecified atom stereocenters. The average molecular weight is 507 g/mol. The Morgan fingerprint density at radius 3 is 2.68 bits per heavy atom. The molecule has 2 heterocycles. The number of amides is 2. The first kappa shape index (κ1) is 27.1. The van der Waals surface area contributed by atoms with E-state index in [1.807, 2.05) is 28.0 Å². The maximum absolute atomic E-state index is 13.9. The van der Waals surface area contributed by atoms with Crippen LogP contribution in [0.25, 0.3) is 0 Å². The maximum atomic E-state index is 13.9. The van der Waals surface area contributed by atoms with Crippen LogP contribution in [0, 0.1) is 12.8 Å². The molecule has 0 aliphatic carbocycles. The van der Waals surface area contributed by atoms with Crippen molar-refractivity contribution in [3.05, 3.63) is 65.2 Å². The van der Waals surface area contributed by atoms with E-state index >= 15 is 0 Å². The first-order valence-electron chi connectivity index (χ1n) is 13.6. The first-order chi connectivity index (χ1) is 17.9. The number of carbonyl (C=O) groups excluding carboxylic acids is 2. The molecule has 7 nitrogen and oxygen atoms in total. The van der Waals surface area contributed by atoms with Crippen molar-refractivity contribution >= 4 is 11.8 Å². The fraction of sp³-hybridized carbons (Fsp3) is 0.533. The van der Waals surface area contributed by atoms with Gasteiger partial charge in [0.1, 0.15) is 11.8 Å². The van der Waals surface area contributed by atoms with Crippen LogP contribution in [0.1, 0.15) is 48.2 Å². The van der Waals surface area contributed by atoms with Gasteiger partial charge in [-0.1, -0.05) is 44.2 Å². The minimum absolute atomic E-state index is 0.0721. The van der Waals surface area contributed by atoms with Gasteiger partial charge in [0.15, 0.2) is 0 Å². The van der Waals surface area contributed by atoms with Gasteiger partial charge in [-0.05, 0) is 61.6 Å². The number of aryl methyl sites for hydroxylation is 1. The molecule has 2 atom stereocenters. The highest BCUT2D eigenvalue weighted by Gasteiger charge is 2.43. The number of hydrogen-bond donors (Lipinski definition) is 1. The summed E-state index contributed by atoms with van der Waals surface area (Å²) in [5, 5.41) is 3.38. The molecule has 0 spiro atoms. The van der Waals surface area contributed by atoms with Gasteiger partial charge in [0.25, 0.3) is 5.91 Å². The molecule has 1 N–H and O–H groups in total. The highest BCUT2D eigenvalue weighted by molar-refractivity contribution is 5.98. The topological polar surface area (TPSA) is 65.1 Å². The summed E-state index contributed by atoms with van der Waals surface area (Å²) >= 11 is 0. The van der Waals surface area contributed by atoms with Crippen molar-refractivity contribution in [3.8, 4) is 5.75 Å². The van der Waals surface area contributed by atoms with Gasteiger partial charge >= 0.3 is 0 Å². The van der Waals surface area contributed by atoms with Crippen molar-refractivity contribution in [2.24, 2.45) is 5.92 Å². The Bertz CT molecular complexity index is 1060. The van der Waals surface area contributed by atoms with Crippen molar-refractivity contribution < 1.29 is 14.3 Å². The smallest absolute Gasteiger partial charge is 0.254 e. The van der Waals surface area contributed by atoms with Crippen molar-refractivity contribution in [2.75, 3.05) is 46.4 Å². The van der Waals surface area contributed by atoms with Crippen molar-refractivity contribution in [1.82, 2.24) is 20.0 Å². The minimum Gasteiger partial charge on any atom is -0.497 e. The van der Waals surface area contributed by atoms with Gasteiger partial charge < -0.3 is 19.9 Å². The molecule has 2 amide bonds. The highest BCUT2D eigenvalue weighted by Crippen LogP contribution is 2.29. The van der Waals surface area contributed by atoms with E-state index in [0.717, 1.165) is 39.1 Å². The van der Waals surface area contributed by atoms with E-state index in [2.05, 4.69) is 55.3 Å². The van der Waals surface area contributed by atoms with E-state index in [1.165, 1.54) is 11.1 Å². The molecule has 2 aliphatic rings. The van der Waals surface area contributed by atoms with Crippen LogP contribution in [0.5, 0.6) is 5.75 Å². The monoisotopic (exact) mass is 506 g/mol. The zero-order chi connectivity index (χ0) is 26.4. The molecule has 0 bridgehead atoms. The predicted octanol–water partition coefficient (Wildman–Crippen LogP) is 3.57. The standard InChI is InChI=1S/C30H42N4O3/c1-22(2)19-33(20-25-10-6-5-9-23(25)3)26-18-28(30(36)32-15-8-13-31-14-16-32)34(21-26)29(35)24-11-7-12-27(17-24)37-4/h5-7,9-12,17,22,26,28,31H,8,13-16,18-21H2,1-4H3. The highest BCUT2D eigenvalue weighted by atomic mass is 16.5. The number of hydrogen-bond acceptors (Lipinski definition) is 5. The summed E-state index contributed by atoms with van der Waals surface area (Å²) in [6.07, 6.45) is 1.58. The third kappa shape index (κ3) is 6.70. The van der Waals surface area contributed by atoms with Gasteiger partial charge in [-0.3, -0.25) is 14.5 Å². The third-order valence-corrected chi connectivity index (χ3v) is 7.54. The minimum atomic E-state index is -0.465. The van der Waals surface area contributed by atoms with Crippen LogP contribution in [0.3, 0.4) is 0 Å². The normalized spacial score (nSPS) is 20.4. The lowest BCUT2D eigenvalue weighted by atomic mass is 10.0. The van der Waals surface area contributed by atoms with Crippen molar-refractivity contribution in [3.63, 3.8) is 0 Å². The van der Waals surface area contributed by atoms with Crippen LogP contribution >= 0.6 is 0 Å². The largest absolute Gasteiger partial charge is 0.497 e. The number of rotatable bonds is 8. The summed E-state index contributed by atoms with van der Waals surface area (Å²) in [6, 6.07) is 15.4. The molecule has 7 heteroatoms. The molecular formula is C30H42N4O3. The fourth-order valence-electron chi connectivity index (χ4n) is 5.55. The zero-order valence-corrected chi connectivity index (χ0v) is 22.8. The first-order valence-corrected chi connectivity index (χ1v) is 13.6. The van der Waals surface area contributed by atoms with Crippen molar-refractivity contribution in [1.29, 1.82) is 0 Å². The predicted molar refractivity (Wildman–Crippen MR) is 147 cm³/mol. The van der Waals surface area contributed by atoms with E-state index in [4.69, 9.17) is 4.74 Å². The van der Waals surface area contributed by atoms with Crippen LogP contribution < -0.4 is 10.1 Å². The molecule has 2 aromatic carbocycles. The van der Waals surface area contributed by atoms with Gasteiger partial charge in [0.05, 0.1) is 7.11 Å². The van der Waals surface area contributed by atoms with E-state index < -0.39 is 6.04 Å². The Labute approximate surface area is 221 Å². The lowest BCUT2D eigenvalue weighted by Gasteiger charge is -2.31. The number of ether oxygens (including phenoxy) is 1. The van der Waals surface area contributed by atoms with Crippen LogP contribution in [-0.4, -0.2) is 85.0 Å². The van der Waals surface area contributed by atoms with Crippen LogP contribution in [0.15, 0.2) is 48.5 Å². The summed E-state index contributed by atoms with van der Waals surface area (Å²) in [5.41, 5.74) is 3.12. The Hall–Kier alpha value is -2.90. The summed E-state index contributed by atoms with van der Waals surface area (Å²) in [6.45, 7) is 12.0. The Morgan fingerprint density at radius 2 is 1.92 bits per heavy atom. The fourth-order valence-corrected chi connectivity index (χ4v) is 5.55. The van der Waals surface area contributed by atoms with Gasteiger partial charge in [-0.15, -0.1) is 0 Å². The second-order valence-corrected chi connectivity index (χ2v) is 10.8. The number of benzene rings is 2. The molecule has 4 rings (SSSR count). The molecule has 2 aliphatic heterocycles. The molecule has 200 valence electrons. The van der Waals surface area contributed by atoms with E-state index in [1.54, 1.807) is 13.2 Å². The van der Waals surface area contributed by atoms with Crippen LogP contribution in [-0.2, 0) is 11.3 Å². The average Bonchev–Trinajstić information content (AvgIpc) is 3.16. The quantitative estimate of drug-likeness (QED) is 0.593. The lowest BCUT2D eigenvalue weighted by molar-refractivity contribution is -0.135. The van der Waals surface area contributed by atoms with Gasteiger partial charge in [0.2, 0.25) is 5.91 Å². The van der Waals surface area contributed by atoms with Gasteiger partial charge in [0, 0.05) is 50.9 Å². The second-order valence-electron chi connectivity index (χ2n) is 10.8.